The monoisotopic (exact) mass is 443 g/mol. The first kappa shape index (κ1) is 22.0. The first-order chi connectivity index (χ1) is 15.8. The molecule has 33 heavy (non-hydrogen) atoms. The van der Waals surface area contributed by atoms with E-state index >= 15 is 0 Å². The number of halogens is 1. The van der Waals surface area contributed by atoms with Gasteiger partial charge in [0.15, 0.2) is 23.6 Å². The molecule has 4 aromatic rings. The molecule has 4 rings (SSSR count). The van der Waals surface area contributed by atoms with Gasteiger partial charge in [-0.25, -0.2) is 14.4 Å². The SMILES string of the molecule is CC(C)(C#N)c1cc(-c2cnc(N)c(-c3cc(-c4ccc(CC(N)F)cc4)no3)n2)ccn1. The number of pyridine rings is 1. The summed E-state index contributed by atoms with van der Waals surface area (Å²) in [7, 11) is 0. The maximum atomic E-state index is 13.0. The van der Waals surface area contributed by atoms with E-state index in [1.54, 1.807) is 50.5 Å². The van der Waals surface area contributed by atoms with Crippen molar-refractivity contribution < 1.29 is 8.91 Å². The predicted molar refractivity (Wildman–Crippen MR) is 122 cm³/mol. The standard InChI is InChI=1S/C24H22FN7O/c1-24(2,13-26)20-10-16(7-8-29-20)18-12-30-23(28)22(31-18)19-11-17(32-33-19)15-5-3-14(4-6-15)9-21(25)27/h3-8,10-12,21H,9,27H2,1-2H3,(H2,28,30). The molecule has 0 aliphatic carbocycles. The minimum atomic E-state index is -1.40. The first-order valence-corrected chi connectivity index (χ1v) is 10.2. The van der Waals surface area contributed by atoms with Gasteiger partial charge in [0.1, 0.15) is 5.69 Å². The van der Waals surface area contributed by atoms with Gasteiger partial charge in [-0.15, -0.1) is 0 Å². The van der Waals surface area contributed by atoms with Crippen molar-refractivity contribution in [1.29, 1.82) is 5.26 Å². The number of anilines is 1. The molecular formula is C24H22FN7O. The van der Waals surface area contributed by atoms with Gasteiger partial charge in [-0.1, -0.05) is 29.4 Å². The molecule has 9 heteroatoms. The zero-order chi connectivity index (χ0) is 23.6. The molecule has 3 heterocycles. The fraction of sp³-hybridized carbons (Fsp3) is 0.208. The van der Waals surface area contributed by atoms with Crippen LogP contribution in [0, 0.1) is 11.3 Å². The molecule has 0 radical (unpaired) electrons. The summed E-state index contributed by atoms with van der Waals surface area (Å²) in [5.74, 6) is 0.554. The molecule has 1 unspecified atom stereocenters. The van der Waals surface area contributed by atoms with Crippen molar-refractivity contribution >= 4 is 5.82 Å². The molecule has 166 valence electrons. The van der Waals surface area contributed by atoms with E-state index < -0.39 is 11.7 Å². The average molecular weight is 443 g/mol. The molecular weight excluding hydrogens is 421 g/mol. The summed E-state index contributed by atoms with van der Waals surface area (Å²) in [6.45, 7) is 3.60. The number of rotatable bonds is 6. The minimum absolute atomic E-state index is 0.144. The van der Waals surface area contributed by atoms with Gasteiger partial charge in [-0.05, 0) is 31.5 Å². The fourth-order valence-corrected chi connectivity index (χ4v) is 3.27. The topological polar surface area (TPSA) is 141 Å². The van der Waals surface area contributed by atoms with Gasteiger partial charge in [-0.2, -0.15) is 5.26 Å². The average Bonchev–Trinajstić information content (AvgIpc) is 3.29. The first-order valence-electron chi connectivity index (χ1n) is 10.2. The second-order valence-electron chi connectivity index (χ2n) is 8.15. The summed E-state index contributed by atoms with van der Waals surface area (Å²) in [5.41, 5.74) is 15.0. The Balaban J connectivity index is 1.66. The van der Waals surface area contributed by atoms with Crippen molar-refractivity contribution in [3.63, 3.8) is 0 Å². The third kappa shape index (κ3) is 4.71. The number of nitriles is 1. The lowest BCUT2D eigenvalue weighted by Gasteiger charge is -2.15. The summed E-state index contributed by atoms with van der Waals surface area (Å²) in [4.78, 5) is 13.2. The van der Waals surface area contributed by atoms with Gasteiger partial charge in [-0.3, -0.25) is 4.98 Å². The number of nitrogen functional groups attached to an aromatic ring is 1. The van der Waals surface area contributed by atoms with Crippen LogP contribution in [0.2, 0.25) is 0 Å². The van der Waals surface area contributed by atoms with Crippen molar-refractivity contribution in [2.24, 2.45) is 5.73 Å². The lowest BCUT2D eigenvalue weighted by molar-refractivity contribution is 0.343. The van der Waals surface area contributed by atoms with Crippen LogP contribution in [0.4, 0.5) is 10.2 Å². The zero-order valence-corrected chi connectivity index (χ0v) is 18.2. The van der Waals surface area contributed by atoms with E-state index in [1.165, 1.54) is 0 Å². The number of nitrogens with two attached hydrogens (primary N) is 2. The Kier molecular flexibility index (Phi) is 5.85. The van der Waals surface area contributed by atoms with Crippen LogP contribution in [0.5, 0.6) is 0 Å². The molecule has 8 nitrogen and oxygen atoms in total. The maximum absolute atomic E-state index is 13.0. The number of hydrogen-bond donors (Lipinski definition) is 2. The summed E-state index contributed by atoms with van der Waals surface area (Å²) >= 11 is 0. The molecule has 1 atom stereocenters. The van der Waals surface area contributed by atoms with Crippen LogP contribution < -0.4 is 11.5 Å². The summed E-state index contributed by atoms with van der Waals surface area (Å²) in [6.07, 6.45) is 1.94. The highest BCUT2D eigenvalue weighted by atomic mass is 19.1. The Morgan fingerprint density at radius 3 is 2.55 bits per heavy atom. The van der Waals surface area contributed by atoms with E-state index in [0.29, 0.717) is 28.5 Å². The number of alkyl halides is 1. The largest absolute Gasteiger partial charge is 0.382 e. The van der Waals surface area contributed by atoms with E-state index in [9.17, 15) is 9.65 Å². The third-order valence-corrected chi connectivity index (χ3v) is 5.20. The highest BCUT2D eigenvalue weighted by Gasteiger charge is 2.22. The maximum Gasteiger partial charge on any atom is 0.189 e. The molecule has 0 aliphatic heterocycles. The Bertz CT molecular complexity index is 1320. The zero-order valence-electron chi connectivity index (χ0n) is 18.2. The molecule has 0 spiro atoms. The highest BCUT2D eigenvalue weighted by molar-refractivity contribution is 5.73. The number of nitrogens with zero attached hydrogens (tertiary/aromatic N) is 5. The lowest BCUT2D eigenvalue weighted by atomic mass is 9.90. The molecule has 4 N–H and O–H groups in total. The number of hydrogen-bond acceptors (Lipinski definition) is 8. The summed E-state index contributed by atoms with van der Waals surface area (Å²) < 4.78 is 18.5. The normalized spacial score (nSPS) is 12.3. The number of aromatic nitrogens is 4. The molecule has 0 amide bonds. The Morgan fingerprint density at radius 1 is 1.09 bits per heavy atom. The van der Waals surface area contributed by atoms with Gasteiger partial charge in [0.05, 0.1) is 29.1 Å². The van der Waals surface area contributed by atoms with E-state index in [4.69, 9.17) is 16.0 Å². The van der Waals surface area contributed by atoms with Gasteiger partial charge in [0.25, 0.3) is 0 Å². The van der Waals surface area contributed by atoms with Crippen LogP contribution >= 0.6 is 0 Å². The highest BCUT2D eigenvalue weighted by Crippen LogP contribution is 2.31. The van der Waals surface area contributed by atoms with Crippen LogP contribution in [-0.2, 0) is 11.8 Å². The predicted octanol–water partition coefficient (Wildman–Crippen LogP) is 4.04. The van der Waals surface area contributed by atoms with E-state index in [-0.39, 0.29) is 12.2 Å². The van der Waals surface area contributed by atoms with E-state index in [2.05, 4.69) is 26.2 Å². The quantitative estimate of drug-likeness (QED) is 0.425. The fourth-order valence-electron chi connectivity index (χ4n) is 3.27. The molecule has 1 aromatic carbocycles. The Hall–Kier alpha value is -4.16. The second-order valence-corrected chi connectivity index (χ2v) is 8.15. The Labute approximate surface area is 190 Å². The van der Waals surface area contributed by atoms with Gasteiger partial charge in [0.2, 0.25) is 0 Å². The molecule has 3 aromatic heterocycles. The van der Waals surface area contributed by atoms with E-state index in [1.807, 2.05) is 18.2 Å². The molecule has 0 bridgehead atoms. The van der Waals surface area contributed by atoms with Crippen molar-refractivity contribution in [2.75, 3.05) is 5.73 Å². The van der Waals surface area contributed by atoms with Crippen molar-refractivity contribution in [2.45, 2.75) is 32.0 Å². The summed E-state index contributed by atoms with van der Waals surface area (Å²) in [6, 6.07) is 14.8. The van der Waals surface area contributed by atoms with Crippen LogP contribution in [0.15, 0.2) is 59.4 Å². The van der Waals surface area contributed by atoms with Crippen LogP contribution in [0.1, 0.15) is 25.1 Å². The Morgan fingerprint density at radius 2 is 1.85 bits per heavy atom. The van der Waals surface area contributed by atoms with Gasteiger partial charge >= 0.3 is 0 Å². The van der Waals surface area contributed by atoms with Crippen molar-refractivity contribution in [3.05, 3.63) is 66.1 Å². The molecule has 0 saturated carbocycles. The minimum Gasteiger partial charge on any atom is -0.382 e. The van der Waals surface area contributed by atoms with Gasteiger partial charge in [0, 0.05) is 29.8 Å². The lowest BCUT2D eigenvalue weighted by Crippen LogP contribution is -2.15. The smallest absolute Gasteiger partial charge is 0.189 e. The van der Waals surface area contributed by atoms with Crippen molar-refractivity contribution in [1.82, 2.24) is 20.1 Å². The molecule has 0 saturated heterocycles. The van der Waals surface area contributed by atoms with Crippen molar-refractivity contribution in [3.8, 4) is 40.0 Å². The second kappa shape index (κ2) is 8.76. The van der Waals surface area contributed by atoms with E-state index in [0.717, 1.165) is 16.7 Å². The molecule has 0 aliphatic rings. The van der Waals surface area contributed by atoms with Crippen LogP contribution in [0.3, 0.4) is 0 Å². The third-order valence-electron chi connectivity index (χ3n) is 5.20. The number of benzene rings is 1. The van der Waals surface area contributed by atoms with Gasteiger partial charge < -0.3 is 16.0 Å². The molecule has 0 fully saturated rings. The van der Waals surface area contributed by atoms with Crippen LogP contribution in [-0.4, -0.2) is 26.4 Å². The van der Waals surface area contributed by atoms with Crippen LogP contribution in [0.25, 0.3) is 34.0 Å². The summed E-state index contributed by atoms with van der Waals surface area (Å²) in [5, 5.41) is 13.5.